The third-order valence-corrected chi connectivity index (χ3v) is 1.71. The molecule has 15 heavy (non-hydrogen) atoms. The number of ether oxygens (including phenoxy) is 1. The van der Waals surface area contributed by atoms with Gasteiger partial charge < -0.3 is 10.5 Å². The zero-order valence-corrected chi connectivity index (χ0v) is 8.10. The standard InChI is InChI=1S/C9H10N2O4/c1-2-15-9(12)7-5-6(10)3-4-8(7)11(13)14/h3-5H,2,10H2,1H3. The quantitative estimate of drug-likeness (QED) is 0.351. The van der Waals surface area contributed by atoms with Gasteiger partial charge in [-0.3, -0.25) is 10.1 Å². The number of nitrogen functional groups attached to an aromatic ring is 1. The molecule has 0 aromatic heterocycles. The fraction of sp³-hybridized carbons (Fsp3) is 0.222. The summed E-state index contributed by atoms with van der Waals surface area (Å²) in [5, 5.41) is 10.6. The van der Waals surface area contributed by atoms with Gasteiger partial charge in [0.2, 0.25) is 0 Å². The van der Waals surface area contributed by atoms with Gasteiger partial charge in [0.15, 0.2) is 0 Å². The fourth-order valence-electron chi connectivity index (χ4n) is 1.09. The fourth-order valence-corrected chi connectivity index (χ4v) is 1.09. The molecule has 0 bridgehead atoms. The van der Waals surface area contributed by atoms with E-state index in [1.807, 2.05) is 0 Å². The van der Waals surface area contributed by atoms with Gasteiger partial charge in [-0.25, -0.2) is 4.79 Å². The van der Waals surface area contributed by atoms with Gasteiger partial charge in [-0.05, 0) is 19.1 Å². The molecule has 0 spiro atoms. The van der Waals surface area contributed by atoms with Crippen LogP contribution in [0.2, 0.25) is 0 Å². The Morgan fingerprint density at radius 1 is 1.60 bits per heavy atom. The van der Waals surface area contributed by atoms with E-state index in [1.54, 1.807) is 6.92 Å². The third kappa shape index (κ3) is 2.43. The normalized spacial score (nSPS) is 9.67. The number of hydrogen-bond donors (Lipinski definition) is 1. The van der Waals surface area contributed by atoms with Crippen molar-refractivity contribution in [3.05, 3.63) is 33.9 Å². The van der Waals surface area contributed by atoms with Crippen LogP contribution >= 0.6 is 0 Å². The average Bonchev–Trinajstić information content (AvgIpc) is 2.17. The Labute approximate surface area is 85.8 Å². The Balaban J connectivity index is 3.18. The number of esters is 1. The van der Waals surface area contributed by atoms with Gasteiger partial charge in [0, 0.05) is 11.8 Å². The van der Waals surface area contributed by atoms with Crippen LogP contribution in [0.4, 0.5) is 11.4 Å². The third-order valence-electron chi connectivity index (χ3n) is 1.71. The van der Waals surface area contributed by atoms with Crippen LogP contribution in [0.3, 0.4) is 0 Å². The van der Waals surface area contributed by atoms with Crippen LogP contribution in [0.15, 0.2) is 18.2 Å². The minimum absolute atomic E-state index is 0.123. The topological polar surface area (TPSA) is 95.5 Å². The molecule has 1 rings (SSSR count). The summed E-state index contributed by atoms with van der Waals surface area (Å²) in [7, 11) is 0. The molecule has 6 nitrogen and oxygen atoms in total. The number of carbonyl (C=O) groups is 1. The monoisotopic (exact) mass is 210 g/mol. The molecule has 0 fully saturated rings. The summed E-state index contributed by atoms with van der Waals surface area (Å²) in [6.45, 7) is 1.78. The Hall–Kier alpha value is -2.11. The molecule has 0 amide bonds. The van der Waals surface area contributed by atoms with Crippen molar-refractivity contribution >= 4 is 17.3 Å². The molecule has 1 aromatic carbocycles. The van der Waals surface area contributed by atoms with E-state index in [0.717, 1.165) is 0 Å². The van der Waals surface area contributed by atoms with Crippen LogP contribution in [0.1, 0.15) is 17.3 Å². The molecule has 80 valence electrons. The van der Waals surface area contributed by atoms with Gasteiger partial charge >= 0.3 is 5.97 Å². The molecule has 0 aliphatic heterocycles. The largest absolute Gasteiger partial charge is 0.462 e. The lowest BCUT2D eigenvalue weighted by Crippen LogP contribution is -2.08. The maximum Gasteiger partial charge on any atom is 0.345 e. The second-order valence-electron chi connectivity index (χ2n) is 2.75. The van der Waals surface area contributed by atoms with Crippen molar-refractivity contribution in [3.63, 3.8) is 0 Å². The van der Waals surface area contributed by atoms with Crippen LogP contribution in [-0.2, 0) is 4.74 Å². The van der Waals surface area contributed by atoms with Crippen LogP contribution in [0.25, 0.3) is 0 Å². The van der Waals surface area contributed by atoms with Crippen molar-refractivity contribution in [1.82, 2.24) is 0 Å². The first kappa shape index (κ1) is 11.0. The van der Waals surface area contributed by atoms with Crippen molar-refractivity contribution in [3.8, 4) is 0 Å². The maximum absolute atomic E-state index is 11.3. The summed E-state index contributed by atoms with van der Waals surface area (Å²) in [6.07, 6.45) is 0. The maximum atomic E-state index is 11.3. The van der Waals surface area contributed by atoms with E-state index in [2.05, 4.69) is 4.74 Å². The highest BCUT2D eigenvalue weighted by Crippen LogP contribution is 2.21. The number of rotatable bonds is 3. The van der Waals surface area contributed by atoms with E-state index in [0.29, 0.717) is 0 Å². The van der Waals surface area contributed by atoms with E-state index >= 15 is 0 Å². The zero-order valence-electron chi connectivity index (χ0n) is 8.10. The van der Waals surface area contributed by atoms with Gasteiger partial charge in [-0.2, -0.15) is 0 Å². The number of benzene rings is 1. The van der Waals surface area contributed by atoms with Gasteiger partial charge in [-0.1, -0.05) is 0 Å². The highest BCUT2D eigenvalue weighted by Gasteiger charge is 2.20. The summed E-state index contributed by atoms with van der Waals surface area (Å²) in [5.74, 6) is -0.739. The molecule has 6 heteroatoms. The Bertz CT molecular complexity index is 403. The Morgan fingerprint density at radius 2 is 2.27 bits per heavy atom. The van der Waals surface area contributed by atoms with Crippen molar-refractivity contribution in [2.45, 2.75) is 6.92 Å². The van der Waals surface area contributed by atoms with Gasteiger partial charge in [0.25, 0.3) is 5.69 Å². The molecule has 0 aliphatic rings. The number of anilines is 1. The molecular formula is C9H10N2O4. The van der Waals surface area contributed by atoms with Crippen LogP contribution in [0.5, 0.6) is 0 Å². The molecular weight excluding hydrogens is 200 g/mol. The molecule has 0 saturated heterocycles. The Morgan fingerprint density at radius 3 is 2.80 bits per heavy atom. The smallest absolute Gasteiger partial charge is 0.345 e. The van der Waals surface area contributed by atoms with Crippen molar-refractivity contribution < 1.29 is 14.5 Å². The van der Waals surface area contributed by atoms with E-state index in [9.17, 15) is 14.9 Å². The highest BCUT2D eigenvalue weighted by molar-refractivity contribution is 5.94. The minimum Gasteiger partial charge on any atom is -0.462 e. The van der Waals surface area contributed by atoms with Gasteiger partial charge in [0.05, 0.1) is 11.5 Å². The molecule has 0 radical (unpaired) electrons. The predicted octanol–water partition coefficient (Wildman–Crippen LogP) is 1.35. The van der Waals surface area contributed by atoms with Crippen molar-refractivity contribution in [2.24, 2.45) is 0 Å². The molecule has 0 atom stereocenters. The molecule has 1 aromatic rings. The van der Waals surface area contributed by atoms with Crippen LogP contribution in [-0.4, -0.2) is 17.5 Å². The molecule has 0 unspecified atom stereocenters. The first-order valence-corrected chi connectivity index (χ1v) is 4.27. The number of nitrogens with zero attached hydrogens (tertiary/aromatic N) is 1. The second-order valence-corrected chi connectivity index (χ2v) is 2.75. The number of nitrogens with two attached hydrogens (primary N) is 1. The SMILES string of the molecule is CCOC(=O)c1cc(N)ccc1[N+](=O)[O-]. The lowest BCUT2D eigenvalue weighted by atomic mass is 10.1. The van der Waals surface area contributed by atoms with Crippen molar-refractivity contribution in [2.75, 3.05) is 12.3 Å². The summed E-state index contributed by atoms with van der Waals surface area (Å²) in [6, 6.07) is 3.78. The minimum atomic E-state index is -0.739. The first-order valence-electron chi connectivity index (χ1n) is 4.27. The number of nitro benzene ring substituents is 1. The summed E-state index contributed by atoms with van der Waals surface area (Å²) >= 11 is 0. The van der Waals surface area contributed by atoms with Gasteiger partial charge in [0.1, 0.15) is 5.56 Å². The highest BCUT2D eigenvalue weighted by atomic mass is 16.6. The molecule has 0 aliphatic carbocycles. The zero-order chi connectivity index (χ0) is 11.4. The van der Waals surface area contributed by atoms with Crippen molar-refractivity contribution in [1.29, 1.82) is 0 Å². The van der Waals surface area contributed by atoms with Gasteiger partial charge in [-0.15, -0.1) is 0 Å². The van der Waals surface area contributed by atoms with Crippen LogP contribution in [0, 0.1) is 10.1 Å². The van der Waals surface area contributed by atoms with E-state index < -0.39 is 10.9 Å². The Kier molecular flexibility index (Phi) is 3.22. The van der Waals surface area contributed by atoms with E-state index in [-0.39, 0.29) is 23.5 Å². The molecule has 2 N–H and O–H groups in total. The average molecular weight is 210 g/mol. The first-order chi connectivity index (χ1) is 7.06. The summed E-state index contributed by atoms with van der Waals surface area (Å²) in [5.41, 5.74) is 5.29. The number of nitro groups is 1. The molecule has 0 saturated carbocycles. The number of carbonyl (C=O) groups excluding carboxylic acids is 1. The molecule has 0 heterocycles. The van der Waals surface area contributed by atoms with Crippen LogP contribution < -0.4 is 5.73 Å². The summed E-state index contributed by atoms with van der Waals surface area (Å²) < 4.78 is 4.67. The lowest BCUT2D eigenvalue weighted by molar-refractivity contribution is -0.385. The van der Waals surface area contributed by atoms with E-state index in [1.165, 1.54) is 18.2 Å². The second kappa shape index (κ2) is 4.41. The summed E-state index contributed by atoms with van der Waals surface area (Å²) in [4.78, 5) is 21.3. The number of hydrogen-bond acceptors (Lipinski definition) is 5. The van der Waals surface area contributed by atoms with E-state index in [4.69, 9.17) is 5.73 Å². The lowest BCUT2D eigenvalue weighted by Gasteiger charge is -2.03. The predicted molar refractivity (Wildman–Crippen MR) is 53.5 cm³/mol.